The molecule has 1 unspecified atom stereocenters. The van der Waals surface area contributed by atoms with Gasteiger partial charge in [-0.3, -0.25) is 4.98 Å². The van der Waals surface area contributed by atoms with Crippen molar-refractivity contribution in [2.24, 2.45) is 0 Å². The zero-order valence-corrected chi connectivity index (χ0v) is 12.2. The van der Waals surface area contributed by atoms with E-state index in [0.717, 1.165) is 29.6 Å². The lowest BCUT2D eigenvalue weighted by Gasteiger charge is -2.12. The van der Waals surface area contributed by atoms with Crippen LogP contribution in [-0.4, -0.2) is 22.5 Å². The van der Waals surface area contributed by atoms with Gasteiger partial charge in [0.05, 0.1) is 5.52 Å². The van der Waals surface area contributed by atoms with Crippen LogP contribution in [0, 0.1) is 6.92 Å². The van der Waals surface area contributed by atoms with Gasteiger partial charge in [-0.15, -0.1) is 0 Å². The highest BCUT2D eigenvalue weighted by atomic mass is 32.2. The predicted octanol–water partition coefficient (Wildman–Crippen LogP) is 3.53. The van der Waals surface area contributed by atoms with Crippen LogP contribution in [0.3, 0.4) is 0 Å². The van der Waals surface area contributed by atoms with Crippen molar-refractivity contribution in [2.45, 2.75) is 31.6 Å². The SMILES string of the molecule is Cc1cc(CNCC2CCCS2)c2ccccc2n1. The molecule has 1 aliphatic heterocycles. The zero-order chi connectivity index (χ0) is 13.1. The maximum atomic E-state index is 4.59. The lowest BCUT2D eigenvalue weighted by atomic mass is 10.1. The largest absolute Gasteiger partial charge is 0.312 e. The van der Waals surface area contributed by atoms with E-state index in [4.69, 9.17) is 0 Å². The molecule has 19 heavy (non-hydrogen) atoms. The van der Waals surface area contributed by atoms with Crippen LogP contribution < -0.4 is 5.32 Å². The molecule has 1 atom stereocenters. The third-order valence-corrected chi connectivity index (χ3v) is 5.04. The van der Waals surface area contributed by atoms with Gasteiger partial charge in [-0.1, -0.05) is 18.2 Å². The molecule has 2 nitrogen and oxygen atoms in total. The van der Waals surface area contributed by atoms with Gasteiger partial charge in [-0.2, -0.15) is 11.8 Å². The van der Waals surface area contributed by atoms with Crippen LogP contribution >= 0.6 is 11.8 Å². The molecular formula is C16H20N2S. The van der Waals surface area contributed by atoms with Crippen LogP contribution in [0.25, 0.3) is 10.9 Å². The molecule has 0 radical (unpaired) electrons. The number of nitrogens with one attached hydrogen (secondary N) is 1. The van der Waals surface area contributed by atoms with Crippen LogP contribution in [0.4, 0.5) is 0 Å². The van der Waals surface area contributed by atoms with Gasteiger partial charge in [0.2, 0.25) is 0 Å². The summed E-state index contributed by atoms with van der Waals surface area (Å²) in [6.45, 7) is 4.14. The summed E-state index contributed by atoms with van der Waals surface area (Å²) in [7, 11) is 0. The van der Waals surface area contributed by atoms with E-state index in [9.17, 15) is 0 Å². The minimum Gasteiger partial charge on any atom is -0.312 e. The summed E-state index contributed by atoms with van der Waals surface area (Å²) in [5.41, 5.74) is 3.58. The Hall–Kier alpha value is -1.06. The number of aryl methyl sites for hydroxylation is 1. The molecule has 0 bridgehead atoms. The van der Waals surface area contributed by atoms with E-state index < -0.39 is 0 Å². The van der Waals surface area contributed by atoms with E-state index in [1.54, 1.807) is 0 Å². The second-order valence-electron chi connectivity index (χ2n) is 5.21. The van der Waals surface area contributed by atoms with Gasteiger partial charge >= 0.3 is 0 Å². The Morgan fingerprint density at radius 2 is 2.26 bits per heavy atom. The normalized spacial score (nSPS) is 19.1. The predicted molar refractivity (Wildman–Crippen MR) is 83.7 cm³/mol. The number of benzene rings is 1. The van der Waals surface area contributed by atoms with Crippen molar-refractivity contribution < 1.29 is 0 Å². The average molecular weight is 272 g/mol. The number of pyridine rings is 1. The summed E-state index contributed by atoms with van der Waals surface area (Å²) in [5, 5.41) is 5.71. The first-order valence-corrected chi connectivity index (χ1v) is 8.05. The third-order valence-electron chi connectivity index (χ3n) is 3.64. The zero-order valence-electron chi connectivity index (χ0n) is 11.4. The number of hydrogen-bond donors (Lipinski definition) is 1. The number of fused-ring (bicyclic) bond motifs is 1. The Labute approximate surface area is 119 Å². The molecule has 1 aromatic carbocycles. The molecule has 0 spiro atoms. The quantitative estimate of drug-likeness (QED) is 0.921. The molecule has 1 N–H and O–H groups in total. The van der Waals surface area contributed by atoms with Gasteiger partial charge in [0, 0.05) is 29.4 Å². The lowest BCUT2D eigenvalue weighted by molar-refractivity contribution is 0.647. The van der Waals surface area contributed by atoms with Gasteiger partial charge in [-0.05, 0) is 43.2 Å². The highest BCUT2D eigenvalue weighted by molar-refractivity contribution is 8.00. The average Bonchev–Trinajstić information content (AvgIpc) is 2.91. The standard InChI is InChI=1S/C16H20N2S/c1-12-9-13(10-17-11-14-5-4-8-19-14)15-6-2-3-7-16(15)18-12/h2-3,6-7,9,14,17H,4-5,8,10-11H2,1H3. The number of thioether (sulfide) groups is 1. The van der Waals surface area contributed by atoms with Gasteiger partial charge in [0.1, 0.15) is 0 Å². The fraction of sp³-hybridized carbons (Fsp3) is 0.438. The highest BCUT2D eigenvalue weighted by Gasteiger charge is 2.14. The van der Waals surface area contributed by atoms with Crippen molar-refractivity contribution >= 4 is 22.7 Å². The van der Waals surface area contributed by atoms with Crippen LogP contribution in [0.1, 0.15) is 24.1 Å². The number of para-hydroxylation sites is 1. The maximum Gasteiger partial charge on any atom is 0.0708 e. The molecule has 0 amide bonds. The summed E-state index contributed by atoms with van der Waals surface area (Å²) in [5.74, 6) is 1.34. The lowest BCUT2D eigenvalue weighted by Crippen LogP contribution is -2.22. The number of hydrogen-bond acceptors (Lipinski definition) is 3. The molecule has 2 heterocycles. The van der Waals surface area contributed by atoms with E-state index in [1.165, 1.54) is 29.5 Å². The second kappa shape index (κ2) is 5.93. The fourth-order valence-corrected chi connectivity index (χ4v) is 3.95. The van der Waals surface area contributed by atoms with Crippen molar-refractivity contribution in [3.05, 3.63) is 41.6 Å². The van der Waals surface area contributed by atoms with E-state index in [0.29, 0.717) is 0 Å². The van der Waals surface area contributed by atoms with Crippen molar-refractivity contribution in [1.29, 1.82) is 0 Å². The Balaban J connectivity index is 1.72. The number of rotatable bonds is 4. The molecule has 1 saturated heterocycles. The van der Waals surface area contributed by atoms with Crippen molar-refractivity contribution in [3.8, 4) is 0 Å². The number of aromatic nitrogens is 1. The number of nitrogens with zero attached hydrogens (tertiary/aromatic N) is 1. The van der Waals surface area contributed by atoms with Crippen LogP contribution in [-0.2, 0) is 6.54 Å². The molecule has 0 saturated carbocycles. The molecule has 100 valence electrons. The monoisotopic (exact) mass is 272 g/mol. The van der Waals surface area contributed by atoms with E-state index >= 15 is 0 Å². The summed E-state index contributed by atoms with van der Waals surface area (Å²) < 4.78 is 0. The maximum absolute atomic E-state index is 4.59. The first-order chi connectivity index (χ1) is 9.33. The molecule has 1 aromatic heterocycles. The summed E-state index contributed by atoms with van der Waals surface area (Å²) in [4.78, 5) is 4.59. The third kappa shape index (κ3) is 3.10. The van der Waals surface area contributed by atoms with Crippen molar-refractivity contribution in [2.75, 3.05) is 12.3 Å². The summed E-state index contributed by atoms with van der Waals surface area (Å²) in [6, 6.07) is 10.6. The van der Waals surface area contributed by atoms with Crippen LogP contribution in [0.2, 0.25) is 0 Å². The smallest absolute Gasteiger partial charge is 0.0708 e. The highest BCUT2D eigenvalue weighted by Crippen LogP contribution is 2.25. The molecule has 0 aliphatic carbocycles. The Morgan fingerprint density at radius 3 is 3.11 bits per heavy atom. The summed E-state index contributed by atoms with van der Waals surface area (Å²) >= 11 is 2.11. The molecule has 3 heteroatoms. The van der Waals surface area contributed by atoms with Gasteiger partial charge in [0.15, 0.2) is 0 Å². The van der Waals surface area contributed by atoms with Crippen LogP contribution in [0.5, 0.6) is 0 Å². The van der Waals surface area contributed by atoms with Crippen molar-refractivity contribution in [3.63, 3.8) is 0 Å². The van der Waals surface area contributed by atoms with Crippen molar-refractivity contribution in [1.82, 2.24) is 10.3 Å². The topological polar surface area (TPSA) is 24.9 Å². The van der Waals surface area contributed by atoms with E-state index in [1.807, 2.05) is 0 Å². The van der Waals surface area contributed by atoms with Gasteiger partial charge < -0.3 is 5.32 Å². The van der Waals surface area contributed by atoms with Crippen LogP contribution in [0.15, 0.2) is 30.3 Å². The second-order valence-corrected chi connectivity index (χ2v) is 6.61. The Kier molecular flexibility index (Phi) is 4.04. The fourth-order valence-electron chi connectivity index (χ4n) is 2.71. The summed E-state index contributed by atoms with van der Waals surface area (Å²) in [6.07, 6.45) is 2.75. The minimum atomic E-state index is 0.814. The first-order valence-electron chi connectivity index (χ1n) is 7.00. The molecule has 2 aromatic rings. The molecule has 1 fully saturated rings. The van der Waals surface area contributed by atoms with Gasteiger partial charge in [0.25, 0.3) is 0 Å². The Morgan fingerprint density at radius 1 is 1.37 bits per heavy atom. The Bertz CT molecular complexity index is 562. The van der Waals surface area contributed by atoms with Gasteiger partial charge in [-0.25, -0.2) is 0 Å². The molecule has 1 aliphatic rings. The van der Waals surface area contributed by atoms with E-state index in [-0.39, 0.29) is 0 Å². The molecule has 3 rings (SSSR count). The van der Waals surface area contributed by atoms with E-state index in [2.05, 4.69) is 59.3 Å². The minimum absolute atomic E-state index is 0.814. The molecular weight excluding hydrogens is 252 g/mol. The first kappa shape index (κ1) is 12.9.